The van der Waals surface area contributed by atoms with Gasteiger partial charge in [-0.1, -0.05) is 11.6 Å². The highest BCUT2D eigenvalue weighted by Gasteiger charge is 2.12. The van der Waals surface area contributed by atoms with E-state index in [4.69, 9.17) is 22.9 Å². The first kappa shape index (κ1) is 13.5. The average molecular weight is 261 g/mol. The molecule has 1 aromatic rings. The molecule has 0 heterocycles. The summed E-state index contributed by atoms with van der Waals surface area (Å²) in [5.74, 6) is 0. The number of nitrogens with two attached hydrogens (primary N) is 1. The zero-order valence-corrected chi connectivity index (χ0v) is 9.51. The van der Waals surface area contributed by atoms with Gasteiger partial charge < -0.3 is 11.1 Å². The zero-order valence-electron chi connectivity index (χ0n) is 8.75. The summed E-state index contributed by atoms with van der Waals surface area (Å²) in [7, 11) is 0. The molecule has 1 rings (SSSR count). The predicted molar refractivity (Wildman–Crippen MR) is 62.3 cm³/mol. The molecule has 0 aliphatic heterocycles. The van der Waals surface area contributed by atoms with E-state index in [1.54, 1.807) is 6.07 Å². The fourth-order valence-corrected chi connectivity index (χ4v) is 1.30. The van der Waals surface area contributed by atoms with Crippen molar-refractivity contribution in [2.24, 2.45) is 10.8 Å². The maximum atomic E-state index is 12.5. The van der Waals surface area contributed by atoms with E-state index in [9.17, 15) is 8.78 Å². The first-order valence-electron chi connectivity index (χ1n) is 4.69. The fraction of sp³-hybridized carbons (Fsp3) is 0.200. The highest BCUT2D eigenvalue weighted by molar-refractivity contribution is 6.31. The lowest BCUT2D eigenvalue weighted by Gasteiger charge is -2.07. The minimum atomic E-state index is -2.64. The molecule has 1 aromatic carbocycles. The summed E-state index contributed by atoms with van der Waals surface area (Å²) in [6.45, 7) is 0.0891. The van der Waals surface area contributed by atoms with Crippen LogP contribution in [0.5, 0.6) is 0 Å². The highest BCUT2D eigenvalue weighted by atomic mass is 35.5. The Balaban J connectivity index is 2.89. The van der Waals surface area contributed by atoms with E-state index < -0.39 is 6.43 Å². The second-order valence-corrected chi connectivity index (χ2v) is 3.54. The smallest absolute Gasteiger partial charge is 0.265 e. The van der Waals surface area contributed by atoms with E-state index in [2.05, 4.69) is 10.4 Å². The van der Waals surface area contributed by atoms with Gasteiger partial charge in [0.2, 0.25) is 0 Å². The number of rotatable bonds is 5. The topological polar surface area (TPSA) is 74.3 Å². The summed E-state index contributed by atoms with van der Waals surface area (Å²) >= 11 is 5.62. The maximum absolute atomic E-state index is 12.5. The van der Waals surface area contributed by atoms with Gasteiger partial charge >= 0.3 is 0 Å². The van der Waals surface area contributed by atoms with Crippen molar-refractivity contribution in [2.75, 3.05) is 11.9 Å². The lowest BCUT2D eigenvalue weighted by atomic mass is 10.2. The number of hydrogen-bond acceptors (Lipinski definition) is 4. The third-order valence-electron chi connectivity index (χ3n) is 1.99. The Morgan fingerprint density at radius 2 is 2.29 bits per heavy atom. The Labute approximate surface area is 102 Å². The van der Waals surface area contributed by atoms with Gasteiger partial charge in [0.15, 0.2) is 0 Å². The SMILES string of the molecule is N=N/C(=C\Nc1ccc(Cl)c(C(F)F)c1)CN. The van der Waals surface area contributed by atoms with Gasteiger partial charge in [-0.05, 0) is 18.2 Å². The van der Waals surface area contributed by atoms with E-state index in [1.165, 1.54) is 18.3 Å². The number of alkyl halides is 2. The van der Waals surface area contributed by atoms with Crippen LogP contribution in [0.1, 0.15) is 12.0 Å². The molecule has 0 aliphatic rings. The van der Waals surface area contributed by atoms with Crippen LogP contribution < -0.4 is 11.1 Å². The molecule has 4 N–H and O–H groups in total. The van der Waals surface area contributed by atoms with Gasteiger partial charge in [0.25, 0.3) is 6.43 Å². The molecule has 0 aliphatic carbocycles. The summed E-state index contributed by atoms with van der Waals surface area (Å²) < 4.78 is 25.1. The van der Waals surface area contributed by atoms with E-state index >= 15 is 0 Å². The molecule has 0 saturated carbocycles. The van der Waals surface area contributed by atoms with Crippen LogP contribution >= 0.6 is 11.6 Å². The molecule has 0 radical (unpaired) electrons. The van der Waals surface area contributed by atoms with Crippen molar-refractivity contribution in [3.05, 3.63) is 40.7 Å². The summed E-state index contributed by atoms with van der Waals surface area (Å²) in [5, 5.41) is 5.88. The van der Waals surface area contributed by atoms with Crippen LogP contribution in [0.15, 0.2) is 35.2 Å². The first-order valence-corrected chi connectivity index (χ1v) is 5.07. The molecule has 0 amide bonds. The third kappa shape index (κ3) is 3.76. The predicted octanol–water partition coefficient (Wildman–Crippen LogP) is 3.52. The maximum Gasteiger partial charge on any atom is 0.265 e. The molecule has 92 valence electrons. The van der Waals surface area contributed by atoms with Crippen LogP contribution in [0.4, 0.5) is 14.5 Å². The van der Waals surface area contributed by atoms with Gasteiger partial charge in [0.1, 0.15) is 0 Å². The van der Waals surface area contributed by atoms with E-state index in [0.29, 0.717) is 11.4 Å². The lowest BCUT2D eigenvalue weighted by Crippen LogP contribution is -2.03. The van der Waals surface area contributed by atoms with Crippen LogP contribution in [0, 0.1) is 5.53 Å². The quantitative estimate of drug-likeness (QED) is 0.709. The average Bonchev–Trinajstić information content (AvgIpc) is 2.32. The van der Waals surface area contributed by atoms with Gasteiger partial charge in [-0.15, -0.1) is 0 Å². The number of nitrogens with one attached hydrogen (secondary N) is 2. The van der Waals surface area contributed by atoms with Crippen molar-refractivity contribution >= 4 is 17.3 Å². The van der Waals surface area contributed by atoms with E-state index in [1.807, 2.05) is 0 Å². The Morgan fingerprint density at radius 3 is 2.82 bits per heavy atom. The Morgan fingerprint density at radius 1 is 1.59 bits per heavy atom. The Kier molecular flexibility index (Phi) is 4.99. The molecule has 0 aromatic heterocycles. The molecule has 0 saturated heterocycles. The Hall–Kier alpha value is -1.53. The number of halogens is 3. The van der Waals surface area contributed by atoms with E-state index in [-0.39, 0.29) is 17.1 Å². The normalized spacial score (nSPS) is 11.7. The van der Waals surface area contributed by atoms with Gasteiger partial charge in [0.05, 0.1) is 5.70 Å². The molecule has 4 nitrogen and oxygen atoms in total. The van der Waals surface area contributed by atoms with Crippen LogP contribution in [0.2, 0.25) is 5.02 Å². The molecule has 0 spiro atoms. The van der Waals surface area contributed by atoms with Crippen molar-refractivity contribution in [3.8, 4) is 0 Å². The van der Waals surface area contributed by atoms with Gasteiger partial charge in [0, 0.05) is 29.0 Å². The monoisotopic (exact) mass is 260 g/mol. The summed E-state index contributed by atoms with van der Waals surface area (Å²) in [6.07, 6.45) is -1.26. The van der Waals surface area contributed by atoms with Gasteiger partial charge in [-0.25, -0.2) is 14.3 Å². The number of hydrogen-bond donors (Lipinski definition) is 3. The summed E-state index contributed by atoms with van der Waals surface area (Å²) in [4.78, 5) is 0. The second kappa shape index (κ2) is 6.27. The van der Waals surface area contributed by atoms with Gasteiger partial charge in [-0.3, -0.25) is 0 Å². The Bertz CT molecular complexity index is 434. The van der Waals surface area contributed by atoms with Crippen molar-refractivity contribution in [2.45, 2.75) is 6.43 Å². The number of anilines is 1. The lowest BCUT2D eigenvalue weighted by molar-refractivity contribution is 0.151. The molecule has 0 fully saturated rings. The van der Waals surface area contributed by atoms with E-state index in [0.717, 1.165) is 0 Å². The van der Waals surface area contributed by atoms with Crippen molar-refractivity contribution in [1.82, 2.24) is 0 Å². The highest BCUT2D eigenvalue weighted by Crippen LogP contribution is 2.29. The zero-order chi connectivity index (χ0) is 12.8. The van der Waals surface area contributed by atoms with Crippen LogP contribution in [0.25, 0.3) is 0 Å². The summed E-state index contributed by atoms with van der Waals surface area (Å²) in [6, 6.07) is 4.16. The third-order valence-corrected chi connectivity index (χ3v) is 2.33. The van der Waals surface area contributed by atoms with Crippen LogP contribution in [-0.4, -0.2) is 6.54 Å². The molecular weight excluding hydrogens is 250 g/mol. The fourth-order valence-electron chi connectivity index (χ4n) is 1.10. The molecule has 0 bridgehead atoms. The van der Waals surface area contributed by atoms with Crippen LogP contribution in [-0.2, 0) is 0 Å². The molecule has 7 heteroatoms. The molecule has 17 heavy (non-hydrogen) atoms. The molecular formula is C10H11ClF2N4. The van der Waals surface area contributed by atoms with Crippen LogP contribution in [0.3, 0.4) is 0 Å². The largest absolute Gasteiger partial charge is 0.360 e. The first-order chi connectivity index (χ1) is 8.08. The molecule has 0 atom stereocenters. The standard InChI is InChI=1S/C10H11ClF2N4/c11-9-2-1-6(3-8(9)10(12)13)16-5-7(4-14)17-15/h1-3,5,10,15-16H,4,14H2/b7-5-,17-15?. The number of nitrogens with zero attached hydrogens (tertiary/aromatic N) is 1. The van der Waals surface area contributed by atoms with Crippen molar-refractivity contribution in [1.29, 1.82) is 5.53 Å². The van der Waals surface area contributed by atoms with Crippen molar-refractivity contribution < 1.29 is 8.78 Å². The van der Waals surface area contributed by atoms with Gasteiger partial charge in [-0.2, -0.15) is 5.11 Å². The number of benzene rings is 1. The minimum Gasteiger partial charge on any atom is -0.360 e. The van der Waals surface area contributed by atoms with Crippen molar-refractivity contribution in [3.63, 3.8) is 0 Å². The second-order valence-electron chi connectivity index (χ2n) is 3.13. The molecule has 0 unspecified atom stereocenters. The minimum absolute atomic E-state index is 0.0127. The summed E-state index contributed by atoms with van der Waals surface area (Å²) in [5.41, 5.74) is 12.5.